The minimum absolute atomic E-state index is 0.911. The van der Waals surface area contributed by atoms with Crippen molar-refractivity contribution in [1.29, 1.82) is 0 Å². The molecule has 6 aromatic heterocycles. The van der Waals surface area contributed by atoms with Gasteiger partial charge in [-0.15, -0.1) is 0 Å². The molecule has 4 heteroatoms. The van der Waals surface area contributed by atoms with Crippen LogP contribution in [0.5, 0.6) is 0 Å². The molecule has 0 atom stereocenters. The van der Waals surface area contributed by atoms with Crippen LogP contribution in [-0.2, 0) is 0 Å². The number of rotatable bonds is 2. The van der Waals surface area contributed by atoms with Crippen LogP contribution in [0, 0.1) is 0 Å². The zero-order valence-corrected chi connectivity index (χ0v) is 30.9. The lowest BCUT2D eigenvalue weighted by Gasteiger charge is -2.06. The number of aromatic nitrogens is 2. The Bertz CT molecular complexity index is 4270. The van der Waals surface area contributed by atoms with Gasteiger partial charge in [-0.25, -0.2) is 0 Å². The Labute approximate surface area is 328 Å². The molecule has 15 aromatic rings. The molecule has 0 fully saturated rings. The monoisotopic (exact) mass is 736 g/mol. The molecule has 0 unspecified atom stereocenters. The fourth-order valence-corrected chi connectivity index (χ4v) is 10.8. The predicted octanol–water partition coefficient (Wildman–Crippen LogP) is 15.1. The second kappa shape index (κ2) is 10.1. The highest BCUT2D eigenvalue weighted by molar-refractivity contribution is 6.37. The first-order valence-electron chi connectivity index (χ1n) is 19.9. The van der Waals surface area contributed by atoms with Crippen LogP contribution in [0.1, 0.15) is 0 Å². The van der Waals surface area contributed by atoms with E-state index in [1.54, 1.807) is 0 Å². The molecule has 0 bridgehead atoms. The average molecular weight is 737 g/mol. The fraction of sp³-hybridized carbons (Fsp3) is 0. The average Bonchev–Trinajstić information content (AvgIpc) is 4.12. The minimum Gasteiger partial charge on any atom is -0.455 e. The Hall–Kier alpha value is -7.82. The van der Waals surface area contributed by atoms with Crippen molar-refractivity contribution in [3.05, 3.63) is 170 Å². The summed E-state index contributed by atoms with van der Waals surface area (Å²) in [6.07, 6.45) is 0. The topological polar surface area (TPSA) is 35.1 Å². The third kappa shape index (κ3) is 3.42. The van der Waals surface area contributed by atoms with Crippen LogP contribution in [0.25, 0.3) is 142 Å². The van der Waals surface area contributed by atoms with E-state index in [-0.39, 0.29) is 0 Å². The molecular formula is C54H28N2O2. The first kappa shape index (κ1) is 29.5. The molecule has 0 amide bonds. The lowest BCUT2D eigenvalue weighted by atomic mass is 9.96. The van der Waals surface area contributed by atoms with E-state index in [2.05, 4.69) is 167 Å². The van der Waals surface area contributed by atoms with Crippen LogP contribution in [0.2, 0.25) is 0 Å². The molecule has 266 valence electrons. The summed E-state index contributed by atoms with van der Waals surface area (Å²) in [5.74, 6) is 0. The van der Waals surface area contributed by atoms with Gasteiger partial charge in [-0.05, 0) is 65.7 Å². The second-order valence-electron chi connectivity index (χ2n) is 16.0. The molecule has 0 saturated heterocycles. The molecule has 0 aliphatic heterocycles. The first-order valence-corrected chi connectivity index (χ1v) is 19.9. The van der Waals surface area contributed by atoms with Gasteiger partial charge in [0.05, 0.1) is 33.1 Å². The van der Waals surface area contributed by atoms with Crippen molar-refractivity contribution in [3.8, 4) is 22.3 Å². The van der Waals surface area contributed by atoms with E-state index in [9.17, 15) is 0 Å². The predicted molar refractivity (Wildman–Crippen MR) is 241 cm³/mol. The zero-order chi connectivity index (χ0) is 37.4. The molecule has 0 N–H and O–H groups in total. The Balaban J connectivity index is 1.11. The summed E-state index contributed by atoms with van der Waals surface area (Å²) < 4.78 is 18.2. The Kier molecular flexibility index (Phi) is 5.14. The van der Waals surface area contributed by atoms with E-state index in [1.807, 2.05) is 12.1 Å². The molecule has 58 heavy (non-hydrogen) atoms. The van der Waals surface area contributed by atoms with Crippen LogP contribution in [-0.4, -0.2) is 8.80 Å². The molecule has 0 aliphatic rings. The zero-order valence-electron chi connectivity index (χ0n) is 30.9. The third-order valence-corrected chi connectivity index (χ3v) is 13.2. The lowest BCUT2D eigenvalue weighted by Crippen LogP contribution is -1.82. The third-order valence-electron chi connectivity index (χ3n) is 13.2. The number of nitrogens with zero attached hydrogens (tertiary/aromatic N) is 2. The van der Waals surface area contributed by atoms with Crippen molar-refractivity contribution < 1.29 is 8.83 Å². The number of furan rings is 2. The number of hydrogen-bond donors (Lipinski definition) is 0. The molecule has 9 aromatic carbocycles. The van der Waals surface area contributed by atoms with Gasteiger partial charge < -0.3 is 17.6 Å². The van der Waals surface area contributed by atoms with Gasteiger partial charge >= 0.3 is 0 Å². The van der Waals surface area contributed by atoms with E-state index < -0.39 is 0 Å². The molecular weight excluding hydrogens is 709 g/mol. The molecule has 6 heterocycles. The van der Waals surface area contributed by atoms with Crippen LogP contribution in [0.4, 0.5) is 0 Å². The standard InChI is InChI=1S/C54H28N2O2/c1-5-19-44-33(11-1)40-26-30(32-16-10-18-37-35-13-4-8-22-48(35)58-54(32)37)27-41-43-28-42-39-25-29(31-15-9-17-36-34-12-3-7-21-47(34)57-53(31)36)23-24-46(39)55-45-20-6-2-14-38(45)49(51(42)55)52(43)56(44)50(40)41/h1-28H. The van der Waals surface area contributed by atoms with E-state index >= 15 is 0 Å². The maximum absolute atomic E-state index is 6.63. The van der Waals surface area contributed by atoms with Crippen molar-refractivity contribution in [2.45, 2.75) is 0 Å². The summed E-state index contributed by atoms with van der Waals surface area (Å²) in [5.41, 5.74) is 15.6. The number of hydrogen-bond acceptors (Lipinski definition) is 2. The van der Waals surface area contributed by atoms with Gasteiger partial charge in [-0.3, -0.25) is 0 Å². The quantitative estimate of drug-likeness (QED) is 0.177. The van der Waals surface area contributed by atoms with Gasteiger partial charge in [0, 0.05) is 75.8 Å². The van der Waals surface area contributed by atoms with Crippen LogP contribution in [0.3, 0.4) is 0 Å². The van der Waals surface area contributed by atoms with E-state index in [0.29, 0.717) is 0 Å². The molecule has 0 saturated carbocycles. The van der Waals surface area contributed by atoms with Gasteiger partial charge in [0.25, 0.3) is 0 Å². The molecule has 0 spiro atoms. The summed E-state index contributed by atoms with van der Waals surface area (Å²) in [6, 6.07) is 61.8. The first-order chi connectivity index (χ1) is 28.8. The Morgan fingerprint density at radius 2 is 0.776 bits per heavy atom. The number of para-hydroxylation sites is 6. The van der Waals surface area contributed by atoms with E-state index in [1.165, 1.54) is 76.2 Å². The van der Waals surface area contributed by atoms with Gasteiger partial charge in [-0.2, -0.15) is 0 Å². The summed E-state index contributed by atoms with van der Waals surface area (Å²) in [7, 11) is 0. The second-order valence-corrected chi connectivity index (χ2v) is 16.0. The van der Waals surface area contributed by atoms with E-state index in [4.69, 9.17) is 8.83 Å². The molecule has 0 radical (unpaired) electrons. The number of fused-ring (bicyclic) bond motifs is 19. The highest BCUT2D eigenvalue weighted by atomic mass is 16.3. The Morgan fingerprint density at radius 1 is 0.293 bits per heavy atom. The highest BCUT2D eigenvalue weighted by Crippen LogP contribution is 2.50. The van der Waals surface area contributed by atoms with Crippen molar-refractivity contribution >= 4 is 120 Å². The smallest absolute Gasteiger partial charge is 0.143 e. The van der Waals surface area contributed by atoms with Crippen LogP contribution in [0.15, 0.2) is 179 Å². The summed E-state index contributed by atoms with van der Waals surface area (Å²) in [5, 5.41) is 14.6. The normalized spacial score (nSPS) is 12.8. The van der Waals surface area contributed by atoms with Gasteiger partial charge in [0.15, 0.2) is 0 Å². The van der Waals surface area contributed by atoms with Gasteiger partial charge in [-0.1, -0.05) is 115 Å². The van der Waals surface area contributed by atoms with Crippen LogP contribution < -0.4 is 0 Å². The van der Waals surface area contributed by atoms with Crippen molar-refractivity contribution in [1.82, 2.24) is 8.80 Å². The van der Waals surface area contributed by atoms with Gasteiger partial charge in [0.2, 0.25) is 0 Å². The largest absolute Gasteiger partial charge is 0.455 e. The van der Waals surface area contributed by atoms with Crippen molar-refractivity contribution in [2.24, 2.45) is 0 Å². The molecule has 15 rings (SSSR count). The Morgan fingerprint density at radius 3 is 1.48 bits per heavy atom. The summed E-state index contributed by atoms with van der Waals surface area (Å²) >= 11 is 0. The summed E-state index contributed by atoms with van der Waals surface area (Å²) in [6.45, 7) is 0. The SMILES string of the molecule is c1ccc2c(c1)oc1c(-c3ccc4c(c3)c3cc5c6cc(-c7cccc8c7oc7ccccc78)cc7c8ccccc8n(c76)c5c5c6ccccc6n4c35)cccc12. The van der Waals surface area contributed by atoms with Crippen LogP contribution >= 0.6 is 0 Å². The van der Waals surface area contributed by atoms with Gasteiger partial charge in [0.1, 0.15) is 22.3 Å². The lowest BCUT2D eigenvalue weighted by molar-refractivity contribution is 0.669. The molecule has 4 nitrogen and oxygen atoms in total. The summed E-state index contributed by atoms with van der Waals surface area (Å²) in [4.78, 5) is 0. The molecule has 0 aliphatic carbocycles. The van der Waals surface area contributed by atoms with Crippen molar-refractivity contribution in [3.63, 3.8) is 0 Å². The highest BCUT2D eigenvalue weighted by Gasteiger charge is 2.27. The maximum atomic E-state index is 6.63. The van der Waals surface area contributed by atoms with E-state index in [0.717, 1.165) is 66.1 Å². The maximum Gasteiger partial charge on any atom is 0.143 e. The fourth-order valence-electron chi connectivity index (χ4n) is 10.8. The minimum atomic E-state index is 0.911. The number of benzene rings is 9. The van der Waals surface area contributed by atoms with Crippen molar-refractivity contribution in [2.75, 3.05) is 0 Å².